The van der Waals surface area contributed by atoms with Gasteiger partial charge in [0.1, 0.15) is 0 Å². The number of hydrogen-bond acceptors (Lipinski definition) is 8. The molecule has 154 valence electrons. The molecular weight excluding hydrogens is 428 g/mol. The van der Waals surface area contributed by atoms with E-state index >= 15 is 0 Å². The van der Waals surface area contributed by atoms with Crippen LogP contribution in [0.15, 0.2) is 52.1 Å². The molecule has 0 unspecified atom stereocenters. The zero-order valence-electron chi connectivity index (χ0n) is 16.2. The molecule has 0 fully saturated rings. The molecule has 0 spiro atoms. The molecule has 0 aliphatic heterocycles. The fourth-order valence-corrected chi connectivity index (χ4v) is 3.08. The lowest BCUT2D eigenvalue weighted by Crippen LogP contribution is -2.05. The molecule has 0 atom stereocenters. The van der Waals surface area contributed by atoms with E-state index < -0.39 is 5.97 Å². The van der Waals surface area contributed by atoms with Crippen LogP contribution in [0.4, 0.5) is 0 Å². The quantitative estimate of drug-likeness (QED) is 0.302. The summed E-state index contributed by atoms with van der Waals surface area (Å²) in [6.45, 7) is -0.0212. The van der Waals surface area contributed by atoms with Gasteiger partial charge in [0, 0.05) is 10.6 Å². The zero-order valence-corrected chi connectivity index (χ0v) is 17.7. The molecular formula is C21H17ClN2O5S. The summed E-state index contributed by atoms with van der Waals surface area (Å²) in [5.74, 6) is 7.12. The maximum atomic E-state index is 11.9. The first-order chi connectivity index (χ1) is 14.6. The second kappa shape index (κ2) is 10.6. The molecule has 2 aromatic carbocycles. The van der Waals surface area contributed by atoms with E-state index in [1.807, 2.05) is 0 Å². The van der Waals surface area contributed by atoms with Crippen molar-refractivity contribution in [2.45, 2.75) is 5.22 Å². The van der Waals surface area contributed by atoms with Crippen molar-refractivity contribution in [3.8, 4) is 34.8 Å². The molecule has 0 N–H and O–H groups in total. The van der Waals surface area contributed by atoms with Crippen LogP contribution in [0.25, 0.3) is 11.5 Å². The topological polar surface area (TPSA) is 83.7 Å². The fraction of sp³-hybridized carbons (Fsp3) is 0.190. The first-order valence-corrected chi connectivity index (χ1v) is 10.0. The zero-order chi connectivity index (χ0) is 21.3. The van der Waals surface area contributed by atoms with E-state index in [2.05, 4.69) is 22.0 Å². The van der Waals surface area contributed by atoms with E-state index in [0.29, 0.717) is 44.5 Å². The van der Waals surface area contributed by atoms with Gasteiger partial charge in [0.2, 0.25) is 5.89 Å². The average Bonchev–Trinajstić information content (AvgIpc) is 3.24. The molecule has 0 aliphatic carbocycles. The Kier molecular flexibility index (Phi) is 7.60. The summed E-state index contributed by atoms with van der Waals surface area (Å²) in [4.78, 5) is 11.9. The van der Waals surface area contributed by atoms with Crippen LogP contribution in [-0.4, -0.2) is 42.7 Å². The number of benzene rings is 2. The molecule has 0 saturated heterocycles. The molecule has 30 heavy (non-hydrogen) atoms. The molecule has 3 rings (SSSR count). The van der Waals surface area contributed by atoms with Crippen molar-refractivity contribution in [3.63, 3.8) is 0 Å². The van der Waals surface area contributed by atoms with Gasteiger partial charge in [0.05, 0.1) is 25.5 Å². The first-order valence-electron chi connectivity index (χ1n) is 8.68. The Morgan fingerprint density at radius 2 is 1.93 bits per heavy atom. The third-order valence-corrected chi connectivity index (χ3v) is 4.70. The van der Waals surface area contributed by atoms with E-state index in [0.717, 1.165) is 0 Å². The Balaban J connectivity index is 1.49. The Morgan fingerprint density at radius 1 is 1.10 bits per heavy atom. The molecule has 0 aliphatic rings. The van der Waals surface area contributed by atoms with E-state index in [1.54, 1.807) is 56.7 Å². The van der Waals surface area contributed by atoms with Crippen LogP contribution in [-0.2, 0) is 4.74 Å². The van der Waals surface area contributed by atoms with Crippen LogP contribution in [0.1, 0.15) is 10.4 Å². The largest absolute Gasteiger partial charge is 0.493 e. The number of methoxy groups -OCH3 is 2. The third kappa shape index (κ3) is 5.69. The second-order valence-electron chi connectivity index (χ2n) is 5.67. The summed E-state index contributed by atoms with van der Waals surface area (Å²) in [7, 11) is 3.12. The maximum absolute atomic E-state index is 11.9. The standard InChI is InChI=1S/C21H17ClN2O5S/c1-26-17-9-8-14(13-18(17)27-2)19-23-24-21(29-19)30-11-4-3-10-28-20(25)15-6-5-7-16(22)12-15/h5-9,12-13H,10-11H2,1-2H3. The fourth-order valence-electron chi connectivity index (χ4n) is 2.35. The van der Waals surface area contributed by atoms with Gasteiger partial charge in [-0.1, -0.05) is 41.3 Å². The summed E-state index contributed by atoms with van der Waals surface area (Å²) in [5.41, 5.74) is 1.10. The highest BCUT2D eigenvalue weighted by Crippen LogP contribution is 2.32. The Morgan fingerprint density at radius 3 is 2.70 bits per heavy atom. The number of carbonyl (C=O) groups excluding carboxylic acids is 1. The Bertz CT molecular complexity index is 1090. The number of aromatic nitrogens is 2. The lowest BCUT2D eigenvalue weighted by Gasteiger charge is -2.07. The molecule has 0 bridgehead atoms. The van der Waals surface area contributed by atoms with Crippen LogP contribution < -0.4 is 9.47 Å². The Labute approximate surface area is 182 Å². The van der Waals surface area contributed by atoms with Gasteiger partial charge in [0.25, 0.3) is 5.22 Å². The van der Waals surface area contributed by atoms with Gasteiger partial charge in [-0.2, -0.15) is 0 Å². The van der Waals surface area contributed by atoms with Crippen molar-refractivity contribution in [3.05, 3.63) is 53.1 Å². The highest BCUT2D eigenvalue weighted by atomic mass is 35.5. The number of rotatable bonds is 7. The summed E-state index contributed by atoms with van der Waals surface area (Å²) >= 11 is 7.13. The van der Waals surface area contributed by atoms with Crippen molar-refractivity contribution < 1.29 is 23.4 Å². The van der Waals surface area contributed by atoms with Crippen molar-refractivity contribution in [2.24, 2.45) is 0 Å². The van der Waals surface area contributed by atoms with E-state index in [1.165, 1.54) is 11.8 Å². The first kappa shape index (κ1) is 21.6. The normalized spacial score (nSPS) is 10.1. The summed E-state index contributed by atoms with van der Waals surface area (Å²) in [6, 6.07) is 11.9. The number of halogens is 1. The molecule has 0 amide bonds. The van der Waals surface area contributed by atoms with Gasteiger partial charge >= 0.3 is 5.97 Å². The third-order valence-electron chi connectivity index (χ3n) is 3.77. The number of nitrogens with zero attached hydrogens (tertiary/aromatic N) is 2. The van der Waals surface area contributed by atoms with Gasteiger partial charge in [0.15, 0.2) is 18.1 Å². The highest BCUT2D eigenvalue weighted by molar-refractivity contribution is 7.99. The van der Waals surface area contributed by atoms with Crippen LogP contribution in [0, 0.1) is 11.8 Å². The highest BCUT2D eigenvalue weighted by Gasteiger charge is 2.12. The molecule has 3 aromatic rings. The van der Waals surface area contributed by atoms with Gasteiger partial charge in [-0.3, -0.25) is 0 Å². The van der Waals surface area contributed by atoms with Crippen molar-refractivity contribution in [2.75, 3.05) is 26.6 Å². The number of esters is 1. The lowest BCUT2D eigenvalue weighted by molar-refractivity contribution is 0.0556. The summed E-state index contributed by atoms with van der Waals surface area (Å²) < 4.78 is 21.2. The van der Waals surface area contributed by atoms with Gasteiger partial charge < -0.3 is 18.6 Å². The van der Waals surface area contributed by atoms with E-state index in [-0.39, 0.29) is 6.61 Å². The van der Waals surface area contributed by atoms with E-state index in [4.69, 9.17) is 30.2 Å². The van der Waals surface area contributed by atoms with Crippen molar-refractivity contribution in [1.82, 2.24) is 10.2 Å². The van der Waals surface area contributed by atoms with Crippen LogP contribution in [0.5, 0.6) is 11.5 Å². The van der Waals surface area contributed by atoms with Gasteiger partial charge in [-0.05, 0) is 36.4 Å². The monoisotopic (exact) mass is 444 g/mol. The molecule has 1 aromatic heterocycles. The maximum Gasteiger partial charge on any atom is 0.339 e. The molecule has 9 heteroatoms. The Hall–Kier alpha value is -3.15. The summed E-state index contributed by atoms with van der Waals surface area (Å²) in [5, 5.41) is 8.88. The minimum Gasteiger partial charge on any atom is -0.493 e. The lowest BCUT2D eigenvalue weighted by atomic mass is 10.2. The predicted molar refractivity (Wildman–Crippen MR) is 113 cm³/mol. The van der Waals surface area contributed by atoms with Crippen LogP contribution in [0.3, 0.4) is 0 Å². The number of hydrogen-bond donors (Lipinski definition) is 0. The average molecular weight is 445 g/mol. The second-order valence-corrected chi connectivity index (χ2v) is 7.03. The molecule has 7 nitrogen and oxygen atoms in total. The van der Waals surface area contributed by atoms with Crippen molar-refractivity contribution in [1.29, 1.82) is 0 Å². The number of carbonyl (C=O) groups is 1. The summed E-state index contributed by atoms with van der Waals surface area (Å²) in [6.07, 6.45) is 0. The SMILES string of the molecule is COc1ccc(-c2nnc(SCC#CCOC(=O)c3cccc(Cl)c3)o2)cc1OC. The van der Waals surface area contributed by atoms with Crippen molar-refractivity contribution >= 4 is 29.3 Å². The van der Waals surface area contributed by atoms with E-state index in [9.17, 15) is 4.79 Å². The van der Waals surface area contributed by atoms with Crippen LogP contribution >= 0.6 is 23.4 Å². The van der Waals surface area contributed by atoms with Gasteiger partial charge in [-0.25, -0.2) is 4.79 Å². The van der Waals surface area contributed by atoms with Crippen LogP contribution in [0.2, 0.25) is 5.02 Å². The predicted octanol–water partition coefficient (Wildman–Crippen LogP) is 4.36. The minimum absolute atomic E-state index is 0.0212. The molecule has 1 heterocycles. The number of thioether (sulfide) groups is 1. The smallest absolute Gasteiger partial charge is 0.339 e. The minimum atomic E-state index is -0.476. The molecule has 0 saturated carbocycles. The molecule has 0 radical (unpaired) electrons. The van der Waals surface area contributed by atoms with Gasteiger partial charge in [-0.15, -0.1) is 10.2 Å². The number of ether oxygens (including phenoxy) is 3.